The van der Waals surface area contributed by atoms with Crippen LogP contribution in [0.3, 0.4) is 0 Å². The van der Waals surface area contributed by atoms with Gasteiger partial charge < -0.3 is 5.11 Å². The number of hydrogen-bond donors (Lipinski definition) is 1. The smallest absolute Gasteiger partial charge is 0.0543 e. The first-order valence-corrected chi connectivity index (χ1v) is 9.95. The van der Waals surface area contributed by atoms with Gasteiger partial charge in [-0.2, -0.15) is 0 Å². The number of rotatable bonds is 0. The number of fused-ring (bicyclic) bond motifs is 5. The van der Waals surface area contributed by atoms with Crippen molar-refractivity contribution in [1.82, 2.24) is 0 Å². The van der Waals surface area contributed by atoms with Crippen LogP contribution < -0.4 is 0 Å². The van der Waals surface area contributed by atoms with Gasteiger partial charge in [-0.05, 0) is 86.4 Å². The molecule has 23 heavy (non-hydrogen) atoms. The highest BCUT2D eigenvalue weighted by atomic mass is 16.3. The van der Waals surface area contributed by atoms with Crippen molar-refractivity contribution in [2.45, 2.75) is 78.7 Å². The Morgan fingerprint density at radius 1 is 1.13 bits per heavy atom. The first-order chi connectivity index (χ1) is 10.9. The van der Waals surface area contributed by atoms with Crippen LogP contribution in [-0.2, 0) is 0 Å². The Balaban J connectivity index is 1.71. The lowest BCUT2D eigenvalue weighted by atomic mass is 9.49. The average Bonchev–Trinajstić information content (AvgIpc) is 2.77. The molecule has 0 radical (unpaired) electrons. The van der Waals surface area contributed by atoms with Crippen molar-refractivity contribution < 1.29 is 5.11 Å². The second-order valence-electron chi connectivity index (χ2n) is 9.49. The molecular formula is C22H34O. The van der Waals surface area contributed by atoms with Crippen LogP contribution in [0.25, 0.3) is 0 Å². The topological polar surface area (TPSA) is 20.2 Å². The number of allylic oxidation sites excluding steroid dienone is 4. The number of hydrogen-bond acceptors (Lipinski definition) is 1. The van der Waals surface area contributed by atoms with Gasteiger partial charge in [0.2, 0.25) is 0 Å². The predicted molar refractivity (Wildman–Crippen MR) is 96.0 cm³/mol. The molecule has 128 valence electrons. The molecule has 1 heteroatoms. The summed E-state index contributed by atoms with van der Waals surface area (Å²) in [5.41, 5.74) is 4.32. The van der Waals surface area contributed by atoms with E-state index in [9.17, 15) is 5.11 Å². The highest BCUT2D eigenvalue weighted by Crippen LogP contribution is 2.66. The second kappa shape index (κ2) is 5.22. The van der Waals surface area contributed by atoms with Gasteiger partial charge in [-0.3, -0.25) is 0 Å². The maximum atomic E-state index is 10.1. The van der Waals surface area contributed by atoms with Gasteiger partial charge in [-0.15, -0.1) is 0 Å². The highest BCUT2D eigenvalue weighted by Gasteiger charge is 2.56. The van der Waals surface area contributed by atoms with Crippen LogP contribution in [0, 0.1) is 34.5 Å². The fourth-order valence-electron chi connectivity index (χ4n) is 7.31. The third-order valence-corrected chi connectivity index (χ3v) is 8.50. The Bertz CT molecular complexity index is 558. The Labute approximate surface area is 142 Å². The van der Waals surface area contributed by atoms with Gasteiger partial charge in [-0.25, -0.2) is 0 Å². The summed E-state index contributed by atoms with van der Waals surface area (Å²) in [6, 6.07) is 0. The quantitative estimate of drug-likeness (QED) is 0.585. The van der Waals surface area contributed by atoms with Crippen LogP contribution in [-0.4, -0.2) is 11.2 Å². The van der Waals surface area contributed by atoms with Gasteiger partial charge in [0.15, 0.2) is 0 Å². The third kappa shape index (κ3) is 2.08. The van der Waals surface area contributed by atoms with E-state index >= 15 is 0 Å². The SMILES string of the molecule is C/C=C1/C(C)CC2C3CC[C@@H]4C[C@H](O)CC[C@]4(C)C3=CC[C@]12C. The van der Waals surface area contributed by atoms with E-state index in [1.165, 1.54) is 32.1 Å². The third-order valence-electron chi connectivity index (χ3n) is 8.50. The molecular weight excluding hydrogens is 280 g/mol. The predicted octanol–water partition coefficient (Wildman–Crippen LogP) is 5.50. The number of aliphatic hydroxyl groups is 1. The van der Waals surface area contributed by atoms with Crippen molar-refractivity contribution in [2.24, 2.45) is 34.5 Å². The summed E-state index contributed by atoms with van der Waals surface area (Å²) in [5.74, 6) is 3.15. The maximum absolute atomic E-state index is 10.1. The van der Waals surface area contributed by atoms with E-state index < -0.39 is 0 Å². The molecule has 7 atom stereocenters. The van der Waals surface area contributed by atoms with Crippen LogP contribution in [0.1, 0.15) is 72.6 Å². The fourth-order valence-corrected chi connectivity index (χ4v) is 7.31. The lowest BCUT2D eigenvalue weighted by Crippen LogP contribution is -2.47. The molecule has 1 nitrogen and oxygen atoms in total. The molecule has 0 spiro atoms. The van der Waals surface area contributed by atoms with E-state index in [2.05, 4.69) is 39.8 Å². The minimum atomic E-state index is -0.0415. The first kappa shape index (κ1) is 15.9. The van der Waals surface area contributed by atoms with Crippen LogP contribution in [0.2, 0.25) is 0 Å². The van der Waals surface area contributed by atoms with Gasteiger partial charge in [0, 0.05) is 0 Å². The Kier molecular flexibility index (Phi) is 3.61. The Morgan fingerprint density at radius 2 is 1.91 bits per heavy atom. The molecule has 1 N–H and O–H groups in total. The van der Waals surface area contributed by atoms with Gasteiger partial charge in [0.05, 0.1) is 6.10 Å². The van der Waals surface area contributed by atoms with Crippen LogP contribution in [0.5, 0.6) is 0 Å². The molecule has 3 fully saturated rings. The maximum Gasteiger partial charge on any atom is 0.0543 e. The zero-order valence-electron chi connectivity index (χ0n) is 15.4. The zero-order chi connectivity index (χ0) is 16.4. The van der Waals surface area contributed by atoms with E-state index in [1.807, 2.05) is 0 Å². The molecule has 0 aromatic heterocycles. The fraction of sp³-hybridized carbons (Fsp3) is 0.818. The minimum Gasteiger partial charge on any atom is -0.393 e. The Morgan fingerprint density at radius 3 is 2.65 bits per heavy atom. The molecule has 0 aliphatic heterocycles. The molecule has 0 heterocycles. The van der Waals surface area contributed by atoms with Gasteiger partial charge >= 0.3 is 0 Å². The van der Waals surface area contributed by atoms with E-state index in [1.54, 1.807) is 11.1 Å². The van der Waals surface area contributed by atoms with Crippen LogP contribution in [0.15, 0.2) is 23.3 Å². The summed E-state index contributed by atoms with van der Waals surface area (Å²) < 4.78 is 0. The molecule has 0 amide bonds. The summed E-state index contributed by atoms with van der Waals surface area (Å²) in [6.45, 7) is 9.77. The molecule has 4 rings (SSSR count). The largest absolute Gasteiger partial charge is 0.393 e. The lowest BCUT2D eigenvalue weighted by molar-refractivity contribution is -0.00489. The summed E-state index contributed by atoms with van der Waals surface area (Å²) >= 11 is 0. The van der Waals surface area contributed by atoms with Gasteiger partial charge in [0.25, 0.3) is 0 Å². The van der Waals surface area contributed by atoms with Crippen molar-refractivity contribution in [3.05, 3.63) is 23.3 Å². The molecule has 3 unspecified atom stereocenters. The van der Waals surface area contributed by atoms with E-state index in [-0.39, 0.29) is 6.10 Å². The first-order valence-electron chi connectivity index (χ1n) is 9.95. The normalized spacial score (nSPS) is 54.2. The Hall–Kier alpha value is -0.560. The van der Waals surface area contributed by atoms with Crippen molar-refractivity contribution >= 4 is 0 Å². The molecule has 4 aliphatic carbocycles. The van der Waals surface area contributed by atoms with Crippen molar-refractivity contribution in [3.63, 3.8) is 0 Å². The van der Waals surface area contributed by atoms with Crippen molar-refractivity contribution in [2.75, 3.05) is 0 Å². The summed E-state index contributed by atoms with van der Waals surface area (Å²) in [6.07, 6.45) is 13.6. The standard InChI is InChI=1S/C22H34O/c1-5-18-14(2)12-20-17-7-6-15-13-16(23)8-10-21(15,3)19(17)9-11-22(18,20)4/h5,9,14-17,20,23H,6-8,10-13H2,1-4H3/b18-5-/t14?,15-,16-,17?,20?,21+,22-/m1/s1. The second-order valence-corrected chi connectivity index (χ2v) is 9.49. The molecule has 3 saturated carbocycles. The van der Waals surface area contributed by atoms with Gasteiger partial charge in [0.1, 0.15) is 0 Å². The van der Waals surface area contributed by atoms with E-state index in [4.69, 9.17) is 0 Å². The highest BCUT2D eigenvalue weighted by molar-refractivity contribution is 5.35. The van der Waals surface area contributed by atoms with Crippen molar-refractivity contribution in [3.8, 4) is 0 Å². The summed E-state index contributed by atoms with van der Waals surface area (Å²) in [5, 5.41) is 10.1. The van der Waals surface area contributed by atoms with Gasteiger partial charge in [-0.1, -0.05) is 44.1 Å². The lowest BCUT2D eigenvalue weighted by Gasteiger charge is -2.56. The molecule has 0 bridgehead atoms. The van der Waals surface area contributed by atoms with Crippen molar-refractivity contribution in [1.29, 1.82) is 0 Å². The van der Waals surface area contributed by atoms with Crippen LogP contribution in [0.4, 0.5) is 0 Å². The summed E-state index contributed by atoms with van der Waals surface area (Å²) in [7, 11) is 0. The molecule has 0 aromatic rings. The molecule has 0 saturated heterocycles. The number of aliphatic hydroxyl groups excluding tert-OH is 1. The van der Waals surface area contributed by atoms with E-state index in [0.717, 1.165) is 36.5 Å². The van der Waals surface area contributed by atoms with Crippen LogP contribution >= 0.6 is 0 Å². The molecule has 0 aromatic carbocycles. The monoisotopic (exact) mass is 314 g/mol. The molecule has 4 aliphatic rings. The minimum absolute atomic E-state index is 0.0415. The average molecular weight is 315 g/mol. The van der Waals surface area contributed by atoms with E-state index in [0.29, 0.717) is 10.8 Å². The zero-order valence-corrected chi connectivity index (χ0v) is 15.4. The summed E-state index contributed by atoms with van der Waals surface area (Å²) in [4.78, 5) is 0.